The molecule has 2 aliphatic heterocycles. The number of ether oxygens (including phenoxy) is 2. The number of carbonyl (C=O) groups excluding carboxylic acids is 1. The van der Waals surface area contributed by atoms with Gasteiger partial charge in [-0.25, -0.2) is 19.2 Å². The number of nitrogens with one attached hydrogen (secondary N) is 1. The molecule has 45 heavy (non-hydrogen) atoms. The van der Waals surface area contributed by atoms with Gasteiger partial charge in [0.05, 0.1) is 47.4 Å². The highest BCUT2D eigenvalue weighted by molar-refractivity contribution is 5.94. The molecule has 6 rings (SSSR count). The smallest absolute Gasteiger partial charge is 0.338 e. The van der Waals surface area contributed by atoms with Gasteiger partial charge in [-0.15, -0.1) is 0 Å². The van der Waals surface area contributed by atoms with E-state index >= 15 is 0 Å². The second-order valence-corrected chi connectivity index (χ2v) is 12.5. The van der Waals surface area contributed by atoms with E-state index in [4.69, 9.17) is 24.7 Å². The van der Waals surface area contributed by atoms with Crippen LogP contribution in [0.1, 0.15) is 54.5 Å². The molecule has 4 heterocycles. The van der Waals surface area contributed by atoms with Gasteiger partial charge in [0, 0.05) is 44.9 Å². The number of hydrogen-bond acceptors (Lipinski definition) is 9. The van der Waals surface area contributed by atoms with Crippen molar-refractivity contribution in [2.75, 3.05) is 43.0 Å². The Balaban J connectivity index is 1.11. The van der Waals surface area contributed by atoms with Crippen LogP contribution in [0.4, 0.5) is 16.0 Å². The second-order valence-electron chi connectivity index (χ2n) is 12.5. The highest BCUT2D eigenvalue weighted by Gasteiger charge is 2.26. The molecule has 0 radical (unpaired) electrons. The molecule has 11 heteroatoms. The fraction of sp³-hybridized carbons (Fsp3) is 0.412. The van der Waals surface area contributed by atoms with Crippen molar-refractivity contribution in [3.63, 3.8) is 0 Å². The number of piperazine rings is 1. The summed E-state index contributed by atoms with van der Waals surface area (Å²) in [6, 6.07) is 17.8. The van der Waals surface area contributed by atoms with Crippen molar-refractivity contribution >= 4 is 28.6 Å². The maximum atomic E-state index is 14.3. The van der Waals surface area contributed by atoms with Crippen molar-refractivity contribution in [2.24, 2.45) is 0 Å². The molecule has 234 valence electrons. The number of aromatic nitrogens is 3. The molecule has 10 nitrogen and oxygen atoms in total. The number of benzene rings is 2. The molecule has 1 N–H and O–H groups in total. The summed E-state index contributed by atoms with van der Waals surface area (Å²) in [5.41, 5.74) is 2.48. The summed E-state index contributed by atoms with van der Waals surface area (Å²) in [6.45, 7) is 11.3. The molecule has 0 aliphatic carbocycles. The minimum absolute atomic E-state index is 0.142. The van der Waals surface area contributed by atoms with E-state index in [1.807, 2.05) is 57.2 Å². The molecule has 2 aromatic heterocycles. The second kappa shape index (κ2) is 12.8. The lowest BCUT2D eigenvalue weighted by molar-refractivity contribution is -0.0592. The van der Waals surface area contributed by atoms with Crippen LogP contribution in [-0.2, 0) is 29.1 Å². The number of nitrogens with zero attached hydrogens (tertiary/aromatic N) is 6. The molecule has 2 aliphatic rings. The van der Waals surface area contributed by atoms with Crippen molar-refractivity contribution < 1.29 is 18.7 Å². The maximum absolute atomic E-state index is 14.3. The highest BCUT2D eigenvalue weighted by atomic mass is 19.1. The molecule has 0 saturated carbocycles. The van der Waals surface area contributed by atoms with Gasteiger partial charge in [-0.3, -0.25) is 4.90 Å². The quantitative estimate of drug-likeness (QED) is 0.258. The number of carbonyl (C=O) groups is 1. The Hall–Kier alpha value is -4.53. The van der Waals surface area contributed by atoms with Gasteiger partial charge in [0.25, 0.3) is 0 Å². The number of imidazole rings is 1. The highest BCUT2D eigenvalue weighted by Crippen LogP contribution is 2.25. The average Bonchev–Trinajstić information content (AvgIpc) is 3.33. The first-order chi connectivity index (χ1) is 21.6. The van der Waals surface area contributed by atoms with Crippen molar-refractivity contribution in [2.45, 2.75) is 58.5 Å². The van der Waals surface area contributed by atoms with Crippen LogP contribution in [0.25, 0.3) is 11.0 Å². The van der Waals surface area contributed by atoms with Crippen molar-refractivity contribution in [3.05, 3.63) is 82.9 Å². The summed E-state index contributed by atoms with van der Waals surface area (Å²) in [7, 11) is 0. The Morgan fingerprint density at radius 1 is 1.11 bits per heavy atom. The number of halogens is 1. The normalized spacial score (nSPS) is 17.1. The Morgan fingerprint density at radius 2 is 1.91 bits per heavy atom. The van der Waals surface area contributed by atoms with Gasteiger partial charge in [0.15, 0.2) is 0 Å². The number of pyridine rings is 1. The first-order valence-electron chi connectivity index (χ1n) is 15.4. The summed E-state index contributed by atoms with van der Waals surface area (Å²) in [6.07, 6.45) is 1.15. The Kier molecular flexibility index (Phi) is 8.70. The standard InChI is InChI=1S/C34H38FN7O3/c1-34(2,3)45-33(43)24-9-10-28-29(18-24)42(21-26-11-16-44-26)32(38-28)22-40-12-14-41(15-13-40)31-6-4-5-30(39-31)37-20-25-8-7-23(19-36)17-27(25)35/h4-10,17-18,26H,11-16,20-22H2,1-3H3,(H,37,39)/t26-/m0/s1. The number of anilines is 2. The first-order valence-corrected chi connectivity index (χ1v) is 15.4. The fourth-order valence-corrected chi connectivity index (χ4v) is 5.57. The van der Waals surface area contributed by atoms with E-state index in [9.17, 15) is 9.18 Å². The lowest BCUT2D eigenvalue weighted by atomic mass is 10.1. The summed E-state index contributed by atoms with van der Waals surface area (Å²) < 4.78 is 27.9. The van der Waals surface area contributed by atoms with E-state index in [0.717, 1.165) is 61.9 Å². The third-order valence-corrected chi connectivity index (χ3v) is 8.08. The number of nitriles is 1. The third-order valence-electron chi connectivity index (χ3n) is 8.08. The van der Waals surface area contributed by atoms with E-state index in [0.29, 0.717) is 35.6 Å². The molecule has 0 amide bonds. The first kappa shape index (κ1) is 30.5. The van der Waals surface area contributed by atoms with Crippen molar-refractivity contribution in [1.29, 1.82) is 5.26 Å². The Labute approximate surface area is 262 Å². The van der Waals surface area contributed by atoms with Crippen LogP contribution in [0.5, 0.6) is 0 Å². The molecule has 1 atom stereocenters. The van der Waals surface area contributed by atoms with Gasteiger partial charge >= 0.3 is 5.97 Å². The van der Waals surface area contributed by atoms with Gasteiger partial charge < -0.3 is 24.3 Å². The van der Waals surface area contributed by atoms with E-state index in [1.165, 1.54) is 6.07 Å². The van der Waals surface area contributed by atoms with Crippen LogP contribution in [0.15, 0.2) is 54.6 Å². The monoisotopic (exact) mass is 611 g/mol. The summed E-state index contributed by atoms with van der Waals surface area (Å²) >= 11 is 0. The molecule has 0 spiro atoms. The molecule has 0 unspecified atom stereocenters. The van der Waals surface area contributed by atoms with Gasteiger partial charge in [-0.2, -0.15) is 5.26 Å². The molecule has 4 aromatic rings. The van der Waals surface area contributed by atoms with Gasteiger partial charge in [-0.1, -0.05) is 12.1 Å². The zero-order valence-corrected chi connectivity index (χ0v) is 25.9. The summed E-state index contributed by atoms with van der Waals surface area (Å²) in [4.78, 5) is 27.2. The summed E-state index contributed by atoms with van der Waals surface area (Å²) in [5.74, 6) is 1.73. The minimum Gasteiger partial charge on any atom is -0.456 e. The number of esters is 1. The summed E-state index contributed by atoms with van der Waals surface area (Å²) in [5, 5.41) is 12.2. The molecule has 0 bridgehead atoms. The predicted octanol–water partition coefficient (Wildman–Crippen LogP) is 5.12. The van der Waals surface area contributed by atoms with Crippen LogP contribution in [0.2, 0.25) is 0 Å². The predicted molar refractivity (Wildman–Crippen MR) is 169 cm³/mol. The molecule has 2 saturated heterocycles. The lowest BCUT2D eigenvalue weighted by Crippen LogP contribution is -2.46. The van der Waals surface area contributed by atoms with Gasteiger partial charge in [0.1, 0.15) is 28.9 Å². The van der Waals surface area contributed by atoms with E-state index in [2.05, 4.69) is 19.7 Å². The Morgan fingerprint density at radius 3 is 2.60 bits per heavy atom. The van der Waals surface area contributed by atoms with Crippen LogP contribution in [-0.4, -0.2) is 69.9 Å². The number of hydrogen-bond donors (Lipinski definition) is 1. The zero-order valence-electron chi connectivity index (χ0n) is 25.9. The van der Waals surface area contributed by atoms with Crippen molar-refractivity contribution in [1.82, 2.24) is 19.4 Å². The third kappa shape index (κ3) is 7.24. The minimum atomic E-state index is -0.571. The zero-order chi connectivity index (χ0) is 31.6. The van der Waals surface area contributed by atoms with Crippen LogP contribution >= 0.6 is 0 Å². The SMILES string of the molecule is CC(C)(C)OC(=O)c1ccc2nc(CN3CCN(c4cccc(NCc5ccc(C#N)cc5F)n4)CC3)n(C[C@@H]3CCO3)c2c1. The van der Waals surface area contributed by atoms with Crippen LogP contribution < -0.4 is 10.2 Å². The topological polar surface area (TPSA) is 109 Å². The van der Waals surface area contributed by atoms with Crippen LogP contribution in [0, 0.1) is 17.1 Å². The molecule has 2 aromatic carbocycles. The largest absolute Gasteiger partial charge is 0.456 e. The molecule has 2 fully saturated rings. The maximum Gasteiger partial charge on any atom is 0.338 e. The number of fused-ring (bicyclic) bond motifs is 1. The van der Waals surface area contributed by atoms with E-state index < -0.39 is 11.4 Å². The van der Waals surface area contributed by atoms with Crippen LogP contribution in [0.3, 0.4) is 0 Å². The Bertz CT molecular complexity index is 1730. The van der Waals surface area contributed by atoms with Crippen molar-refractivity contribution in [3.8, 4) is 6.07 Å². The molecular weight excluding hydrogens is 573 g/mol. The van der Waals surface area contributed by atoms with E-state index in [1.54, 1.807) is 18.2 Å². The fourth-order valence-electron chi connectivity index (χ4n) is 5.57. The lowest BCUT2D eigenvalue weighted by Gasteiger charge is -2.35. The van der Waals surface area contributed by atoms with Gasteiger partial charge in [0.2, 0.25) is 0 Å². The van der Waals surface area contributed by atoms with E-state index in [-0.39, 0.29) is 18.6 Å². The molecular formula is C34H38FN7O3. The average molecular weight is 612 g/mol. The van der Waals surface area contributed by atoms with Gasteiger partial charge in [-0.05, 0) is 69.7 Å². The number of rotatable bonds is 9.